The maximum Gasteiger partial charge on any atom is 0.324 e. The zero-order chi connectivity index (χ0) is 26.7. The predicted octanol–water partition coefficient (Wildman–Crippen LogP) is 5.16. The van der Waals surface area contributed by atoms with E-state index >= 15 is 0 Å². The minimum absolute atomic E-state index is 0.0242. The summed E-state index contributed by atoms with van der Waals surface area (Å²) < 4.78 is 34.0. The third kappa shape index (κ3) is 5.18. The molecule has 0 spiro atoms. The highest BCUT2D eigenvalue weighted by molar-refractivity contribution is 5.90. The highest BCUT2D eigenvalue weighted by Crippen LogP contribution is 2.34. The summed E-state index contributed by atoms with van der Waals surface area (Å²) >= 11 is 0. The number of hydrogen-bond donors (Lipinski definition) is 5. The number of hydrazine groups is 1. The number of anilines is 1. The van der Waals surface area contributed by atoms with Crippen molar-refractivity contribution < 1.29 is 18.3 Å². The summed E-state index contributed by atoms with van der Waals surface area (Å²) in [4.78, 5) is 16.9. The van der Waals surface area contributed by atoms with Crippen LogP contribution in [0.5, 0.6) is 11.5 Å². The van der Waals surface area contributed by atoms with E-state index in [2.05, 4.69) is 36.7 Å². The molecule has 2 aromatic heterocycles. The number of pyridine rings is 1. The van der Waals surface area contributed by atoms with Gasteiger partial charge in [-0.05, 0) is 47.9 Å². The first-order valence-corrected chi connectivity index (χ1v) is 11.8. The van der Waals surface area contributed by atoms with E-state index in [9.17, 15) is 13.6 Å². The molecule has 9 nitrogen and oxygen atoms in total. The van der Waals surface area contributed by atoms with Gasteiger partial charge >= 0.3 is 6.03 Å². The first-order chi connectivity index (χ1) is 18.3. The number of halogens is 2. The highest BCUT2D eigenvalue weighted by Gasteiger charge is 2.38. The molecule has 1 unspecified atom stereocenters. The van der Waals surface area contributed by atoms with E-state index in [1.165, 1.54) is 24.3 Å². The van der Waals surface area contributed by atoms with Crippen LogP contribution in [-0.4, -0.2) is 21.2 Å². The Hall–Kier alpha value is -4.77. The van der Waals surface area contributed by atoms with Gasteiger partial charge in [-0.1, -0.05) is 26.0 Å². The molecule has 3 heterocycles. The SMILES string of the molecule is CC(C)C1(c2ccc(F)cc2)C=C(NC(=O)Nc2ccc(Oc3ccnc(-c4cn[nH]c4)c3)cc2F)NN1. The molecule has 2 aromatic carbocycles. The first kappa shape index (κ1) is 24.9. The smallest absolute Gasteiger partial charge is 0.324 e. The van der Waals surface area contributed by atoms with Gasteiger partial charge < -0.3 is 15.5 Å². The van der Waals surface area contributed by atoms with Crippen LogP contribution in [0.2, 0.25) is 0 Å². The van der Waals surface area contributed by atoms with Crippen molar-refractivity contribution in [3.05, 3.63) is 102 Å². The summed E-state index contributed by atoms with van der Waals surface area (Å²) in [7, 11) is 0. The van der Waals surface area contributed by atoms with E-state index in [0.717, 1.165) is 11.1 Å². The van der Waals surface area contributed by atoms with Crippen LogP contribution in [0.3, 0.4) is 0 Å². The second kappa shape index (κ2) is 10.3. The molecule has 2 amide bonds. The average Bonchev–Trinajstić information content (AvgIpc) is 3.58. The Kier molecular flexibility index (Phi) is 6.75. The van der Waals surface area contributed by atoms with Gasteiger partial charge in [0.1, 0.15) is 29.0 Å². The lowest BCUT2D eigenvalue weighted by molar-refractivity contribution is 0.253. The fraction of sp³-hybridized carbons (Fsp3) is 0.148. The van der Waals surface area contributed by atoms with Crippen molar-refractivity contribution in [1.82, 2.24) is 31.3 Å². The lowest BCUT2D eigenvalue weighted by atomic mass is 9.81. The number of carbonyl (C=O) groups is 1. The number of aromatic amines is 1. The minimum atomic E-state index is -0.676. The van der Waals surface area contributed by atoms with E-state index in [0.29, 0.717) is 17.3 Å². The van der Waals surface area contributed by atoms with Gasteiger partial charge in [0, 0.05) is 30.1 Å². The summed E-state index contributed by atoms with van der Waals surface area (Å²) in [6.45, 7) is 4.00. The number of urea groups is 1. The second-order valence-electron chi connectivity index (χ2n) is 9.03. The summed E-state index contributed by atoms with van der Waals surface area (Å²) in [5, 5.41) is 11.8. The Bertz CT molecular complexity index is 1470. The Morgan fingerprint density at radius 1 is 1.03 bits per heavy atom. The summed E-state index contributed by atoms with van der Waals surface area (Å²) in [5.74, 6) is 0.157. The van der Waals surface area contributed by atoms with Crippen molar-refractivity contribution in [3.8, 4) is 22.8 Å². The minimum Gasteiger partial charge on any atom is -0.457 e. The number of H-pyrrole nitrogens is 1. The van der Waals surface area contributed by atoms with Gasteiger partial charge in [-0.15, -0.1) is 0 Å². The molecule has 5 N–H and O–H groups in total. The molecule has 0 aliphatic carbocycles. The van der Waals surface area contributed by atoms with Gasteiger partial charge in [-0.25, -0.2) is 19.0 Å². The molecule has 0 saturated carbocycles. The third-order valence-corrected chi connectivity index (χ3v) is 6.21. The Balaban J connectivity index is 1.25. The van der Waals surface area contributed by atoms with Crippen molar-refractivity contribution in [2.24, 2.45) is 5.92 Å². The molecule has 5 rings (SSSR count). The Labute approximate surface area is 217 Å². The van der Waals surface area contributed by atoms with Crippen LogP contribution in [0.1, 0.15) is 19.4 Å². The van der Waals surface area contributed by atoms with Gasteiger partial charge in [0.2, 0.25) is 0 Å². The molecule has 0 fully saturated rings. The number of rotatable bonds is 7. The first-order valence-electron chi connectivity index (χ1n) is 11.8. The quantitative estimate of drug-likeness (QED) is 0.231. The summed E-state index contributed by atoms with van der Waals surface area (Å²) in [6, 6.07) is 13.0. The van der Waals surface area contributed by atoms with Crippen molar-refractivity contribution in [2.75, 3.05) is 5.32 Å². The van der Waals surface area contributed by atoms with Crippen LogP contribution < -0.4 is 26.2 Å². The molecule has 0 radical (unpaired) electrons. The molecule has 11 heteroatoms. The monoisotopic (exact) mass is 517 g/mol. The van der Waals surface area contributed by atoms with Gasteiger partial charge in [0.25, 0.3) is 0 Å². The standard InChI is InChI=1S/C27H25F2N7O2/c1-16(2)27(18-3-5-19(28)6-4-18)13-25(35-36-27)34-26(37)33-23-8-7-20(11-22(23)29)38-21-9-10-30-24(12-21)17-14-31-32-15-17/h3-16,35-36H,1-2H3,(H,31,32)(H2,33,34,37). The number of benzene rings is 2. The maximum atomic E-state index is 14.8. The molecule has 0 bridgehead atoms. The number of ether oxygens (including phenoxy) is 1. The summed E-state index contributed by atoms with van der Waals surface area (Å²) in [5.41, 5.74) is 7.68. The molecule has 1 aliphatic heterocycles. The summed E-state index contributed by atoms with van der Waals surface area (Å²) in [6.07, 6.45) is 6.73. The number of hydrogen-bond acceptors (Lipinski definition) is 6. The van der Waals surface area contributed by atoms with Crippen molar-refractivity contribution in [1.29, 1.82) is 0 Å². The zero-order valence-corrected chi connectivity index (χ0v) is 20.5. The van der Waals surface area contributed by atoms with E-state index < -0.39 is 17.4 Å². The molecular formula is C27H25F2N7O2. The second-order valence-corrected chi connectivity index (χ2v) is 9.03. The number of nitrogens with one attached hydrogen (secondary N) is 5. The highest BCUT2D eigenvalue weighted by atomic mass is 19.1. The van der Waals surface area contributed by atoms with Crippen LogP contribution in [0.15, 0.2) is 85.1 Å². The van der Waals surface area contributed by atoms with Gasteiger partial charge in [0.05, 0.1) is 23.1 Å². The van der Waals surface area contributed by atoms with Crippen molar-refractivity contribution >= 4 is 11.7 Å². The van der Waals surface area contributed by atoms with Gasteiger partial charge in [-0.2, -0.15) is 5.10 Å². The topological polar surface area (TPSA) is 116 Å². The third-order valence-electron chi connectivity index (χ3n) is 6.21. The van der Waals surface area contributed by atoms with Crippen LogP contribution in [-0.2, 0) is 5.54 Å². The molecular weight excluding hydrogens is 492 g/mol. The number of aromatic nitrogens is 3. The average molecular weight is 518 g/mol. The number of amides is 2. The number of nitrogens with zero attached hydrogens (tertiary/aromatic N) is 2. The van der Waals surface area contributed by atoms with E-state index in [1.54, 1.807) is 48.9 Å². The molecule has 4 aromatic rings. The van der Waals surface area contributed by atoms with E-state index in [1.807, 2.05) is 19.9 Å². The Morgan fingerprint density at radius 3 is 2.53 bits per heavy atom. The van der Waals surface area contributed by atoms with Crippen LogP contribution in [0, 0.1) is 17.6 Å². The molecule has 1 atom stereocenters. The van der Waals surface area contributed by atoms with Crippen LogP contribution >= 0.6 is 0 Å². The Morgan fingerprint density at radius 2 is 1.82 bits per heavy atom. The predicted molar refractivity (Wildman–Crippen MR) is 138 cm³/mol. The van der Waals surface area contributed by atoms with Gasteiger partial charge in [0.15, 0.2) is 0 Å². The fourth-order valence-corrected chi connectivity index (χ4v) is 4.16. The molecule has 0 saturated heterocycles. The van der Waals surface area contributed by atoms with Crippen molar-refractivity contribution in [2.45, 2.75) is 19.4 Å². The van der Waals surface area contributed by atoms with Crippen molar-refractivity contribution in [3.63, 3.8) is 0 Å². The van der Waals surface area contributed by atoms with Crippen LogP contribution in [0.25, 0.3) is 11.3 Å². The zero-order valence-electron chi connectivity index (χ0n) is 20.5. The lowest BCUT2D eigenvalue weighted by Gasteiger charge is -2.32. The van der Waals surface area contributed by atoms with E-state index in [4.69, 9.17) is 4.74 Å². The number of carbonyl (C=O) groups excluding carboxylic acids is 1. The lowest BCUT2D eigenvalue weighted by Crippen LogP contribution is -2.47. The van der Waals surface area contributed by atoms with Gasteiger partial charge in [-0.3, -0.25) is 15.4 Å². The van der Waals surface area contributed by atoms with Crippen LogP contribution in [0.4, 0.5) is 19.3 Å². The largest absolute Gasteiger partial charge is 0.457 e. The fourth-order valence-electron chi connectivity index (χ4n) is 4.16. The van der Waals surface area contributed by atoms with E-state index in [-0.39, 0.29) is 23.2 Å². The molecule has 194 valence electrons. The molecule has 38 heavy (non-hydrogen) atoms. The normalized spacial score (nSPS) is 16.6. The molecule has 1 aliphatic rings. The maximum absolute atomic E-state index is 14.8.